The molecule has 1 atom stereocenters. The van der Waals surface area contributed by atoms with Crippen LogP contribution in [-0.4, -0.2) is 18.9 Å². The molecule has 1 amide bonds. The van der Waals surface area contributed by atoms with Crippen LogP contribution in [0, 0.1) is 11.3 Å². The average molecular weight is 421 g/mol. The van der Waals surface area contributed by atoms with Gasteiger partial charge in [-0.15, -0.1) is 11.6 Å². The third kappa shape index (κ3) is 5.11. The highest BCUT2D eigenvalue weighted by Crippen LogP contribution is 2.30. The number of nitrogens with zero attached hydrogens (tertiary/aromatic N) is 2. The SMILES string of the molecule is COc1ccc(N(C(=O)CCl)[C@H](C#N)c2ccc(OCc3ccccc3)cc2)cc1. The monoisotopic (exact) mass is 420 g/mol. The van der Waals surface area contributed by atoms with E-state index >= 15 is 0 Å². The van der Waals surface area contributed by atoms with Gasteiger partial charge >= 0.3 is 0 Å². The molecule has 0 aliphatic rings. The van der Waals surface area contributed by atoms with Crippen LogP contribution < -0.4 is 14.4 Å². The first-order chi connectivity index (χ1) is 14.7. The fourth-order valence-electron chi connectivity index (χ4n) is 3.01. The number of alkyl halides is 1. The minimum absolute atomic E-state index is 0.234. The van der Waals surface area contributed by atoms with Gasteiger partial charge in [0.05, 0.1) is 13.2 Å². The second kappa shape index (κ2) is 10.3. The van der Waals surface area contributed by atoms with Gasteiger partial charge in [-0.25, -0.2) is 0 Å². The van der Waals surface area contributed by atoms with Crippen molar-refractivity contribution in [3.63, 3.8) is 0 Å². The van der Waals surface area contributed by atoms with E-state index in [1.165, 1.54) is 4.90 Å². The standard InChI is InChI=1S/C24H21ClN2O3/c1-29-21-13-9-20(10-14-21)27(24(28)15-25)23(16-26)19-7-11-22(12-8-19)30-17-18-5-3-2-4-6-18/h2-14,23H,15,17H2,1H3/t23-/m1/s1. The van der Waals surface area contributed by atoms with Gasteiger partial charge in [-0.3, -0.25) is 9.69 Å². The van der Waals surface area contributed by atoms with E-state index in [1.807, 2.05) is 30.3 Å². The molecule has 5 nitrogen and oxygen atoms in total. The van der Waals surface area contributed by atoms with Crippen LogP contribution >= 0.6 is 11.6 Å². The molecule has 3 aromatic carbocycles. The summed E-state index contributed by atoms with van der Waals surface area (Å²) in [6, 6.07) is 25.3. The van der Waals surface area contributed by atoms with Gasteiger partial charge in [0.25, 0.3) is 0 Å². The number of nitriles is 1. The van der Waals surface area contributed by atoms with Gasteiger partial charge in [0.1, 0.15) is 30.0 Å². The Labute approximate surface area is 181 Å². The Morgan fingerprint density at radius 1 is 1.00 bits per heavy atom. The quantitative estimate of drug-likeness (QED) is 0.475. The molecule has 3 aromatic rings. The van der Waals surface area contributed by atoms with Crippen LogP contribution in [0.25, 0.3) is 0 Å². The summed E-state index contributed by atoms with van der Waals surface area (Å²) in [5, 5.41) is 9.83. The first kappa shape index (κ1) is 21.2. The maximum absolute atomic E-state index is 12.6. The zero-order valence-corrected chi connectivity index (χ0v) is 17.3. The molecule has 0 aliphatic carbocycles. The molecule has 0 N–H and O–H groups in total. The second-order valence-corrected chi connectivity index (χ2v) is 6.74. The number of amides is 1. The van der Waals surface area contributed by atoms with Gasteiger partial charge in [0.15, 0.2) is 0 Å². The molecule has 152 valence electrons. The Balaban J connectivity index is 1.80. The van der Waals surface area contributed by atoms with Crippen LogP contribution in [0.15, 0.2) is 78.9 Å². The van der Waals surface area contributed by atoms with E-state index < -0.39 is 6.04 Å². The number of halogens is 1. The molecule has 0 saturated carbocycles. The van der Waals surface area contributed by atoms with Gasteiger partial charge in [-0.1, -0.05) is 42.5 Å². The first-order valence-electron chi connectivity index (χ1n) is 9.34. The third-order valence-corrected chi connectivity index (χ3v) is 4.79. The number of benzene rings is 3. The summed E-state index contributed by atoms with van der Waals surface area (Å²) in [6.07, 6.45) is 0. The number of anilines is 1. The fourth-order valence-corrected chi connectivity index (χ4v) is 3.14. The highest BCUT2D eigenvalue weighted by Gasteiger charge is 2.26. The van der Waals surface area contributed by atoms with Crippen molar-refractivity contribution >= 4 is 23.2 Å². The lowest BCUT2D eigenvalue weighted by Crippen LogP contribution is -2.35. The predicted octanol–water partition coefficient (Wildman–Crippen LogP) is 5.11. The van der Waals surface area contributed by atoms with Crippen molar-refractivity contribution in [2.24, 2.45) is 0 Å². The van der Waals surface area contributed by atoms with Crippen molar-refractivity contribution in [3.8, 4) is 17.6 Å². The van der Waals surface area contributed by atoms with E-state index in [4.69, 9.17) is 21.1 Å². The van der Waals surface area contributed by atoms with Gasteiger partial charge in [0.2, 0.25) is 5.91 Å². The lowest BCUT2D eigenvalue weighted by molar-refractivity contribution is -0.116. The highest BCUT2D eigenvalue weighted by atomic mass is 35.5. The van der Waals surface area contributed by atoms with Crippen molar-refractivity contribution in [2.75, 3.05) is 17.9 Å². The van der Waals surface area contributed by atoms with E-state index in [2.05, 4.69) is 6.07 Å². The smallest absolute Gasteiger partial charge is 0.243 e. The normalized spacial score (nSPS) is 11.2. The summed E-state index contributed by atoms with van der Waals surface area (Å²) in [5.74, 6) is 0.741. The lowest BCUT2D eigenvalue weighted by atomic mass is 10.0. The Bertz CT molecular complexity index is 999. The lowest BCUT2D eigenvalue weighted by Gasteiger charge is -2.27. The molecule has 0 unspecified atom stereocenters. The zero-order valence-electron chi connectivity index (χ0n) is 16.5. The van der Waals surface area contributed by atoms with E-state index in [0.717, 1.165) is 5.56 Å². The van der Waals surface area contributed by atoms with Crippen molar-refractivity contribution < 1.29 is 14.3 Å². The number of carbonyl (C=O) groups is 1. The molecule has 0 aliphatic heterocycles. The molecule has 0 saturated heterocycles. The van der Waals surface area contributed by atoms with Crippen LogP contribution in [0.5, 0.6) is 11.5 Å². The maximum atomic E-state index is 12.6. The molecule has 30 heavy (non-hydrogen) atoms. The predicted molar refractivity (Wildman–Crippen MR) is 117 cm³/mol. The molecule has 0 radical (unpaired) electrons. The van der Waals surface area contributed by atoms with E-state index in [-0.39, 0.29) is 11.8 Å². The molecule has 0 fully saturated rings. The highest BCUT2D eigenvalue weighted by molar-refractivity contribution is 6.29. The van der Waals surface area contributed by atoms with Crippen LogP contribution in [-0.2, 0) is 11.4 Å². The summed E-state index contributed by atoms with van der Waals surface area (Å²) in [4.78, 5) is 13.9. The van der Waals surface area contributed by atoms with Crippen molar-refractivity contribution in [2.45, 2.75) is 12.6 Å². The van der Waals surface area contributed by atoms with Crippen molar-refractivity contribution in [1.29, 1.82) is 5.26 Å². The maximum Gasteiger partial charge on any atom is 0.243 e. The molecule has 0 heterocycles. The molecular formula is C24H21ClN2O3. The van der Waals surface area contributed by atoms with Gasteiger partial charge in [-0.05, 0) is 47.5 Å². The first-order valence-corrected chi connectivity index (χ1v) is 9.88. The Kier molecular flexibility index (Phi) is 7.31. The molecule has 0 spiro atoms. The van der Waals surface area contributed by atoms with Crippen LogP contribution in [0.2, 0.25) is 0 Å². The summed E-state index contributed by atoms with van der Waals surface area (Å²) in [6.45, 7) is 0.449. The average Bonchev–Trinajstić information content (AvgIpc) is 2.82. The summed E-state index contributed by atoms with van der Waals surface area (Å²) in [7, 11) is 1.57. The topological polar surface area (TPSA) is 62.6 Å². The van der Waals surface area contributed by atoms with Gasteiger partial charge < -0.3 is 9.47 Å². The summed E-state index contributed by atoms with van der Waals surface area (Å²) >= 11 is 5.82. The number of hydrogen-bond acceptors (Lipinski definition) is 4. The minimum Gasteiger partial charge on any atom is -0.497 e. The number of methoxy groups -OCH3 is 1. The van der Waals surface area contributed by atoms with Crippen molar-refractivity contribution in [3.05, 3.63) is 90.0 Å². The largest absolute Gasteiger partial charge is 0.497 e. The third-order valence-electron chi connectivity index (χ3n) is 4.56. The number of rotatable bonds is 8. The van der Waals surface area contributed by atoms with Crippen LogP contribution in [0.4, 0.5) is 5.69 Å². The zero-order chi connectivity index (χ0) is 21.3. The van der Waals surface area contributed by atoms with E-state index in [1.54, 1.807) is 55.6 Å². The van der Waals surface area contributed by atoms with E-state index in [9.17, 15) is 10.1 Å². The van der Waals surface area contributed by atoms with Gasteiger partial charge in [0, 0.05) is 5.69 Å². The summed E-state index contributed by atoms with van der Waals surface area (Å²) in [5.41, 5.74) is 2.30. The minimum atomic E-state index is -0.826. The second-order valence-electron chi connectivity index (χ2n) is 6.47. The molecule has 0 aromatic heterocycles. The van der Waals surface area contributed by atoms with Crippen LogP contribution in [0.3, 0.4) is 0 Å². The Morgan fingerprint density at radius 3 is 2.20 bits per heavy atom. The number of ether oxygens (including phenoxy) is 2. The number of hydrogen-bond donors (Lipinski definition) is 0. The Hall–Kier alpha value is -3.49. The molecule has 6 heteroatoms. The van der Waals surface area contributed by atoms with Crippen molar-refractivity contribution in [1.82, 2.24) is 0 Å². The Morgan fingerprint density at radius 2 is 1.63 bits per heavy atom. The molecular weight excluding hydrogens is 400 g/mol. The van der Waals surface area contributed by atoms with Gasteiger partial charge in [-0.2, -0.15) is 5.26 Å². The fraction of sp³-hybridized carbons (Fsp3) is 0.167. The summed E-state index contributed by atoms with van der Waals surface area (Å²) < 4.78 is 11.0. The van der Waals surface area contributed by atoms with Crippen LogP contribution in [0.1, 0.15) is 17.2 Å². The van der Waals surface area contributed by atoms with E-state index in [0.29, 0.717) is 29.4 Å². The molecule has 3 rings (SSSR count). The number of carbonyl (C=O) groups excluding carboxylic acids is 1. The molecule has 0 bridgehead atoms.